The van der Waals surface area contributed by atoms with Gasteiger partial charge < -0.3 is 10.1 Å². The highest BCUT2D eigenvalue weighted by molar-refractivity contribution is 9.08. The zero-order chi connectivity index (χ0) is 14.2. The van der Waals surface area contributed by atoms with Gasteiger partial charge in [-0.15, -0.1) is 0 Å². The van der Waals surface area contributed by atoms with Crippen LogP contribution < -0.4 is 5.32 Å². The average molecular weight is 340 g/mol. The second-order valence-electron chi connectivity index (χ2n) is 5.22. The molecule has 0 atom stereocenters. The summed E-state index contributed by atoms with van der Waals surface area (Å²) in [5, 5.41) is 3.71. The number of alkyl halides is 1. The summed E-state index contributed by atoms with van der Waals surface area (Å²) in [4.78, 5) is 11.9. The van der Waals surface area contributed by atoms with Crippen molar-refractivity contribution in [2.45, 2.75) is 43.5 Å². The lowest BCUT2D eigenvalue weighted by molar-refractivity contribution is 0.0299. The summed E-state index contributed by atoms with van der Waals surface area (Å²) in [5.41, 5.74) is 1.87. The number of hydrogen-bond acceptors (Lipinski definition) is 2. The van der Waals surface area contributed by atoms with Crippen molar-refractivity contribution in [3.63, 3.8) is 0 Å². The van der Waals surface area contributed by atoms with Crippen molar-refractivity contribution in [1.29, 1.82) is 0 Å². The number of benzene rings is 1. The summed E-state index contributed by atoms with van der Waals surface area (Å²) in [6.07, 6.45) is 6.62. The van der Waals surface area contributed by atoms with Crippen LogP contribution in [0.3, 0.4) is 0 Å². The van der Waals surface area contributed by atoms with E-state index >= 15 is 0 Å². The van der Waals surface area contributed by atoms with Crippen molar-refractivity contribution >= 4 is 21.8 Å². The van der Waals surface area contributed by atoms with E-state index in [1.54, 1.807) is 0 Å². The molecule has 0 spiro atoms. The van der Waals surface area contributed by atoms with Gasteiger partial charge >= 0.3 is 0 Å². The first-order valence-electron chi connectivity index (χ1n) is 7.34. The van der Waals surface area contributed by atoms with Crippen LogP contribution in [-0.2, 0) is 10.1 Å². The standard InChI is InChI=1S/C16H22BrNO2/c17-12-13-6-8-14(9-7-13)16(19)18-10-11-20-15-4-2-1-3-5-15/h6-9,15H,1-5,10-12H2,(H,18,19). The third kappa shape index (κ3) is 4.91. The van der Waals surface area contributed by atoms with Gasteiger partial charge in [0, 0.05) is 17.4 Å². The molecule has 0 unspecified atom stereocenters. The molecule has 0 heterocycles. The summed E-state index contributed by atoms with van der Waals surface area (Å²) in [7, 11) is 0. The molecule has 1 amide bonds. The lowest BCUT2D eigenvalue weighted by Crippen LogP contribution is -2.29. The van der Waals surface area contributed by atoms with Crippen molar-refractivity contribution in [3.8, 4) is 0 Å². The van der Waals surface area contributed by atoms with Crippen molar-refractivity contribution in [3.05, 3.63) is 35.4 Å². The normalized spacial score (nSPS) is 16.1. The average Bonchev–Trinajstić information content (AvgIpc) is 2.52. The van der Waals surface area contributed by atoms with Crippen LogP contribution in [0.1, 0.15) is 48.0 Å². The molecule has 0 aromatic heterocycles. The minimum absolute atomic E-state index is 0.0293. The van der Waals surface area contributed by atoms with Gasteiger partial charge in [0.15, 0.2) is 0 Å². The molecular formula is C16H22BrNO2. The maximum Gasteiger partial charge on any atom is 0.251 e. The van der Waals surface area contributed by atoms with Crippen LogP contribution in [-0.4, -0.2) is 25.2 Å². The van der Waals surface area contributed by atoms with E-state index in [-0.39, 0.29) is 5.91 Å². The maximum absolute atomic E-state index is 11.9. The number of ether oxygens (including phenoxy) is 1. The second kappa shape index (κ2) is 8.42. The Hall–Kier alpha value is -0.870. The molecule has 3 nitrogen and oxygen atoms in total. The molecule has 1 saturated carbocycles. The lowest BCUT2D eigenvalue weighted by atomic mass is 9.98. The Morgan fingerprint density at radius 1 is 1.20 bits per heavy atom. The number of carbonyl (C=O) groups is 1. The fraction of sp³-hybridized carbons (Fsp3) is 0.562. The third-order valence-electron chi connectivity index (χ3n) is 3.66. The van der Waals surface area contributed by atoms with E-state index < -0.39 is 0 Å². The summed E-state index contributed by atoms with van der Waals surface area (Å²) in [6.45, 7) is 1.19. The van der Waals surface area contributed by atoms with Crippen LogP contribution in [0, 0.1) is 0 Å². The molecule has 0 aliphatic heterocycles. The molecule has 1 N–H and O–H groups in total. The van der Waals surface area contributed by atoms with Crippen LogP contribution in [0.5, 0.6) is 0 Å². The highest BCUT2D eigenvalue weighted by Gasteiger charge is 2.13. The van der Waals surface area contributed by atoms with Gasteiger partial charge in [-0.2, -0.15) is 0 Å². The van der Waals surface area contributed by atoms with Crippen LogP contribution in [0.2, 0.25) is 0 Å². The summed E-state index contributed by atoms with van der Waals surface area (Å²) < 4.78 is 5.78. The summed E-state index contributed by atoms with van der Waals surface area (Å²) in [5.74, 6) is -0.0293. The Kier molecular flexibility index (Phi) is 6.54. The Morgan fingerprint density at radius 3 is 2.55 bits per heavy atom. The first-order valence-corrected chi connectivity index (χ1v) is 8.46. The fourth-order valence-electron chi connectivity index (χ4n) is 2.47. The van der Waals surface area contributed by atoms with Gasteiger partial charge in [0.2, 0.25) is 0 Å². The van der Waals surface area contributed by atoms with Gasteiger partial charge in [-0.1, -0.05) is 47.3 Å². The number of nitrogens with one attached hydrogen (secondary N) is 1. The largest absolute Gasteiger partial charge is 0.376 e. The van der Waals surface area contributed by atoms with E-state index in [0.717, 1.165) is 5.33 Å². The predicted octanol–water partition coefficient (Wildman–Crippen LogP) is 3.66. The Morgan fingerprint density at radius 2 is 1.90 bits per heavy atom. The van der Waals surface area contributed by atoms with Crippen molar-refractivity contribution in [1.82, 2.24) is 5.32 Å². The van der Waals surface area contributed by atoms with E-state index in [2.05, 4.69) is 21.2 Å². The smallest absolute Gasteiger partial charge is 0.251 e. The molecule has 1 aromatic rings. The van der Waals surface area contributed by atoms with Crippen LogP contribution in [0.15, 0.2) is 24.3 Å². The fourth-order valence-corrected chi connectivity index (χ4v) is 2.84. The number of hydrogen-bond donors (Lipinski definition) is 1. The SMILES string of the molecule is O=C(NCCOC1CCCCC1)c1ccc(CBr)cc1. The van der Waals surface area contributed by atoms with Gasteiger partial charge in [0.25, 0.3) is 5.91 Å². The Bertz CT molecular complexity index is 413. The zero-order valence-corrected chi connectivity index (χ0v) is 13.3. The predicted molar refractivity (Wildman–Crippen MR) is 84.2 cm³/mol. The molecule has 1 fully saturated rings. The highest BCUT2D eigenvalue weighted by Crippen LogP contribution is 2.19. The molecule has 110 valence electrons. The number of rotatable bonds is 6. The van der Waals surface area contributed by atoms with Gasteiger partial charge in [-0.3, -0.25) is 4.79 Å². The third-order valence-corrected chi connectivity index (χ3v) is 4.31. The Balaban J connectivity index is 1.66. The van der Waals surface area contributed by atoms with Gasteiger partial charge in [-0.05, 0) is 30.5 Å². The minimum Gasteiger partial charge on any atom is -0.376 e. The van der Waals surface area contributed by atoms with Crippen molar-refractivity contribution < 1.29 is 9.53 Å². The number of amides is 1. The maximum atomic E-state index is 11.9. The lowest BCUT2D eigenvalue weighted by Gasteiger charge is -2.22. The second-order valence-corrected chi connectivity index (χ2v) is 5.78. The summed E-state index contributed by atoms with van der Waals surface area (Å²) >= 11 is 3.39. The molecule has 1 aliphatic rings. The van der Waals surface area contributed by atoms with Crippen molar-refractivity contribution in [2.75, 3.05) is 13.2 Å². The minimum atomic E-state index is -0.0293. The van der Waals surface area contributed by atoms with Crippen molar-refractivity contribution in [2.24, 2.45) is 0 Å². The number of halogens is 1. The van der Waals surface area contributed by atoms with E-state index in [1.807, 2.05) is 24.3 Å². The van der Waals surface area contributed by atoms with Gasteiger partial charge in [0.1, 0.15) is 0 Å². The first-order chi connectivity index (χ1) is 9.79. The highest BCUT2D eigenvalue weighted by atomic mass is 79.9. The summed E-state index contributed by atoms with van der Waals surface area (Å²) in [6, 6.07) is 7.63. The molecule has 1 aliphatic carbocycles. The molecular weight excluding hydrogens is 318 g/mol. The first kappa shape index (κ1) is 15.5. The molecule has 1 aromatic carbocycles. The Labute approximate surface area is 129 Å². The molecule has 0 saturated heterocycles. The van der Waals surface area contributed by atoms with E-state index in [0.29, 0.717) is 24.8 Å². The van der Waals surface area contributed by atoms with E-state index in [4.69, 9.17) is 4.74 Å². The quantitative estimate of drug-likeness (QED) is 0.634. The van der Waals surface area contributed by atoms with Gasteiger partial charge in [0.05, 0.1) is 12.7 Å². The van der Waals surface area contributed by atoms with E-state index in [1.165, 1.54) is 37.7 Å². The molecule has 2 rings (SSSR count). The topological polar surface area (TPSA) is 38.3 Å². The zero-order valence-electron chi connectivity index (χ0n) is 11.7. The van der Waals surface area contributed by atoms with E-state index in [9.17, 15) is 4.79 Å². The molecule has 4 heteroatoms. The van der Waals surface area contributed by atoms with Crippen LogP contribution in [0.25, 0.3) is 0 Å². The number of carbonyl (C=O) groups excluding carboxylic acids is 1. The van der Waals surface area contributed by atoms with Crippen LogP contribution >= 0.6 is 15.9 Å². The molecule has 0 radical (unpaired) electrons. The van der Waals surface area contributed by atoms with Gasteiger partial charge in [-0.25, -0.2) is 0 Å². The van der Waals surface area contributed by atoms with Crippen LogP contribution in [0.4, 0.5) is 0 Å². The molecule has 20 heavy (non-hydrogen) atoms. The molecule has 0 bridgehead atoms. The monoisotopic (exact) mass is 339 g/mol.